The first-order chi connectivity index (χ1) is 14.4. The van der Waals surface area contributed by atoms with Crippen molar-refractivity contribution in [2.45, 2.75) is 6.54 Å². The van der Waals surface area contributed by atoms with Crippen molar-refractivity contribution in [2.24, 2.45) is 0 Å². The molecule has 10 nitrogen and oxygen atoms in total. The number of para-hydroxylation sites is 1. The number of anilines is 1. The first kappa shape index (κ1) is 20.5. The van der Waals surface area contributed by atoms with Crippen molar-refractivity contribution in [2.75, 3.05) is 11.9 Å². The van der Waals surface area contributed by atoms with Crippen LogP contribution in [0.5, 0.6) is 0 Å². The van der Waals surface area contributed by atoms with E-state index in [1.54, 1.807) is 30.3 Å². The topological polar surface area (TPSA) is 133 Å². The molecule has 11 heteroatoms. The monoisotopic (exact) mass is 414 g/mol. The number of halogens is 1. The Kier molecular flexibility index (Phi) is 6.33. The number of benzene rings is 2. The molecule has 0 aliphatic carbocycles. The van der Waals surface area contributed by atoms with Gasteiger partial charge in [0, 0.05) is 5.56 Å². The molecule has 2 N–H and O–H groups in total. The van der Waals surface area contributed by atoms with Gasteiger partial charge < -0.3 is 14.5 Å². The second kappa shape index (κ2) is 9.28. The molecule has 154 valence electrons. The maximum absolute atomic E-state index is 13.5. The SMILES string of the molecule is O=C(COC(=O)Cn1nc(-c2ccccc2)oc1=O)NC(=O)Nc1ccccc1F. The highest BCUT2D eigenvalue weighted by molar-refractivity contribution is 6.01. The van der Waals surface area contributed by atoms with Crippen LogP contribution in [0.15, 0.2) is 63.8 Å². The Balaban J connectivity index is 1.48. The molecule has 3 aromatic rings. The number of amides is 3. The minimum Gasteiger partial charge on any atom is -0.454 e. The average Bonchev–Trinajstić information content (AvgIpc) is 3.09. The first-order valence-electron chi connectivity index (χ1n) is 8.57. The van der Waals surface area contributed by atoms with Gasteiger partial charge in [-0.15, -0.1) is 5.10 Å². The smallest absolute Gasteiger partial charge is 0.437 e. The number of urea groups is 1. The molecule has 0 aliphatic rings. The fourth-order valence-electron chi connectivity index (χ4n) is 2.30. The Morgan fingerprint density at radius 2 is 1.77 bits per heavy atom. The third-order valence-electron chi connectivity index (χ3n) is 3.65. The van der Waals surface area contributed by atoms with Crippen LogP contribution >= 0.6 is 0 Å². The number of carbonyl (C=O) groups excluding carboxylic acids is 3. The summed E-state index contributed by atoms with van der Waals surface area (Å²) >= 11 is 0. The molecule has 3 amide bonds. The van der Waals surface area contributed by atoms with Crippen molar-refractivity contribution in [1.29, 1.82) is 0 Å². The van der Waals surface area contributed by atoms with E-state index in [4.69, 9.17) is 9.15 Å². The highest BCUT2D eigenvalue weighted by Gasteiger charge is 2.16. The van der Waals surface area contributed by atoms with Crippen molar-refractivity contribution in [3.63, 3.8) is 0 Å². The molecular formula is C19H15FN4O6. The molecule has 0 radical (unpaired) electrons. The maximum Gasteiger partial charge on any atom is 0.437 e. The van der Waals surface area contributed by atoms with Crippen LogP contribution in [0.3, 0.4) is 0 Å². The van der Waals surface area contributed by atoms with E-state index in [0.717, 1.165) is 10.7 Å². The van der Waals surface area contributed by atoms with E-state index in [1.165, 1.54) is 18.2 Å². The second-order valence-corrected chi connectivity index (χ2v) is 5.84. The van der Waals surface area contributed by atoms with Crippen LogP contribution in [-0.4, -0.2) is 34.3 Å². The number of carbonyl (C=O) groups is 3. The fraction of sp³-hybridized carbons (Fsp3) is 0.105. The van der Waals surface area contributed by atoms with Gasteiger partial charge in [-0.2, -0.15) is 4.68 Å². The molecule has 0 fully saturated rings. The predicted molar refractivity (Wildman–Crippen MR) is 101 cm³/mol. The van der Waals surface area contributed by atoms with E-state index in [0.29, 0.717) is 5.56 Å². The lowest BCUT2D eigenvalue weighted by Gasteiger charge is -2.08. The van der Waals surface area contributed by atoms with Crippen LogP contribution in [0.1, 0.15) is 0 Å². The largest absolute Gasteiger partial charge is 0.454 e. The fourth-order valence-corrected chi connectivity index (χ4v) is 2.30. The van der Waals surface area contributed by atoms with Crippen molar-refractivity contribution in [1.82, 2.24) is 15.1 Å². The lowest BCUT2D eigenvalue weighted by molar-refractivity contribution is -0.149. The van der Waals surface area contributed by atoms with E-state index in [-0.39, 0.29) is 11.6 Å². The molecule has 0 aliphatic heterocycles. The molecule has 0 atom stereocenters. The molecular weight excluding hydrogens is 399 g/mol. The Labute approximate surface area is 168 Å². The minimum atomic E-state index is -0.999. The highest BCUT2D eigenvalue weighted by atomic mass is 19.1. The number of aromatic nitrogens is 2. The van der Waals surface area contributed by atoms with Gasteiger partial charge in [0.05, 0.1) is 5.69 Å². The standard InChI is InChI=1S/C19H15FN4O6/c20-13-8-4-5-9-14(13)21-18(27)22-15(25)11-29-16(26)10-24-19(28)30-17(23-24)12-6-2-1-3-7-12/h1-9H,10-11H2,(H2,21,22,25,27). The zero-order chi connectivity index (χ0) is 21.5. The number of rotatable bonds is 6. The number of nitrogens with one attached hydrogen (secondary N) is 2. The lowest BCUT2D eigenvalue weighted by atomic mass is 10.2. The van der Waals surface area contributed by atoms with Crippen molar-refractivity contribution in [3.8, 4) is 11.5 Å². The van der Waals surface area contributed by atoms with Crippen molar-refractivity contribution >= 4 is 23.6 Å². The first-order valence-corrected chi connectivity index (χ1v) is 8.57. The Bertz CT molecular complexity index is 1130. The summed E-state index contributed by atoms with van der Waals surface area (Å²) in [5.41, 5.74) is 0.418. The van der Waals surface area contributed by atoms with Crippen LogP contribution in [0, 0.1) is 5.82 Å². The number of hydrogen-bond donors (Lipinski definition) is 2. The number of ether oxygens (including phenoxy) is 1. The Morgan fingerprint density at radius 3 is 2.50 bits per heavy atom. The third-order valence-corrected chi connectivity index (χ3v) is 3.65. The van der Waals surface area contributed by atoms with Crippen molar-refractivity contribution < 1.29 is 27.9 Å². The zero-order valence-electron chi connectivity index (χ0n) is 15.3. The average molecular weight is 414 g/mol. The van der Waals surface area contributed by atoms with Gasteiger partial charge in [-0.25, -0.2) is 14.0 Å². The molecule has 0 bridgehead atoms. The van der Waals surface area contributed by atoms with Gasteiger partial charge in [0.1, 0.15) is 12.4 Å². The van der Waals surface area contributed by atoms with E-state index in [2.05, 4.69) is 10.4 Å². The van der Waals surface area contributed by atoms with Gasteiger partial charge in [-0.3, -0.25) is 14.9 Å². The molecule has 0 spiro atoms. The van der Waals surface area contributed by atoms with Crippen LogP contribution in [0.2, 0.25) is 0 Å². The minimum absolute atomic E-state index is 0.0240. The van der Waals surface area contributed by atoms with Gasteiger partial charge in [0.25, 0.3) is 5.91 Å². The van der Waals surface area contributed by atoms with Crippen LogP contribution in [-0.2, 0) is 20.9 Å². The summed E-state index contributed by atoms with van der Waals surface area (Å²) in [6, 6.07) is 12.9. The third kappa shape index (κ3) is 5.38. The summed E-state index contributed by atoms with van der Waals surface area (Å²) in [4.78, 5) is 47.0. The zero-order valence-corrected chi connectivity index (χ0v) is 15.3. The highest BCUT2D eigenvalue weighted by Crippen LogP contribution is 2.14. The molecule has 3 rings (SSSR count). The lowest BCUT2D eigenvalue weighted by Crippen LogP contribution is -2.37. The van der Waals surface area contributed by atoms with Gasteiger partial charge >= 0.3 is 17.8 Å². The molecule has 30 heavy (non-hydrogen) atoms. The summed E-state index contributed by atoms with van der Waals surface area (Å²) in [6.07, 6.45) is 0. The molecule has 0 unspecified atom stereocenters. The summed E-state index contributed by atoms with van der Waals surface area (Å²) in [7, 11) is 0. The van der Waals surface area contributed by atoms with Gasteiger partial charge in [0.2, 0.25) is 5.89 Å². The molecule has 0 saturated heterocycles. The number of imide groups is 1. The Hall–Kier alpha value is -4.28. The number of esters is 1. The second-order valence-electron chi connectivity index (χ2n) is 5.84. The quantitative estimate of drug-likeness (QED) is 0.585. The normalized spacial score (nSPS) is 10.3. The molecule has 0 saturated carbocycles. The van der Waals surface area contributed by atoms with Crippen molar-refractivity contribution in [3.05, 3.63) is 71.0 Å². The van der Waals surface area contributed by atoms with E-state index in [1.807, 2.05) is 5.32 Å². The molecule has 2 aromatic carbocycles. The summed E-state index contributed by atoms with van der Waals surface area (Å²) in [6.45, 7) is -1.38. The number of hydrogen-bond acceptors (Lipinski definition) is 7. The van der Waals surface area contributed by atoms with E-state index >= 15 is 0 Å². The molecule has 1 heterocycles. The predicted octanol–water partition coefficient (Wildman–Crippen LogP) is 1.53. The van der Waals surface area contributed by atoms with Gasteiger partial charge in [-0.05, 0) is 24.3 Å². The van der Waals surface area contributed by atoms with E-state index < -0.39 is 42.6 Å². The van der Waals surface area contributed by atoms with E-state index in [9.17, 15) is 23.6 Å². The number of nitrogens with zero attached hydrogens (tertiary/aromatic N) is 2. The molecule has 1 aromatic heterocycles. The Morgan fingerprint density at radius 1 is 1.07 bits per heavy atom. The summed E-state index contributed by atoms with van der Waals surface area (Å²) < 4.78 is 23.9. The van der Waals surface area contributed by atoms with Crippen LogP contribution in [0.4, 0.5) is 14.9 Å². The van der Waals surface area contributed by atoms with Gasteiger partial charge in [0.15, 0.2) is 6.61 Å². The summed E-state index contributed by atoms with van der Waals surface area (Å²) in [5.74, 6) is -3.43. The maximum atomic E-state index is 13.5. The van der Waals surface area contributed by atoms with Gasteiger partial charge in [-0.1, -0.05) is 30.3 Å². The van der Waals surface area contributed by atoms with Crippen LogP contribution in [0.25, 0.3) is 11.5 Å². The summed E-state index contributed by atoms with van der Waals surface area (Å²) in [5, 5.41) is 7.90. The van der Waals surface area contributed by atoms with Crippen LogP contribution < -0.4 is 16.4 Å².